The van der Waals surface area contributed by atoms with E-state index < -0.39 is 12.4 Å². The lowest BCUT2D eigenvalue weighted by atomic mass is 9.90. The largest absolute Gasteiger partial charge is 0.420 e. The van der Waals surface area contributed by atoms with Gasteiger partial charge in [-0.05, 0) is 69.4 Å². The van der Waals surface area contributed by atoms with E-state index in [2.05, 4.69) is 33.3 Å². The van der Waals surface area contributed by atoms with E-state index in [0.717, 1.165) is 49.9 Å². The molecule has 3 heterocycles. The van der Waals surface area contributed by atoms with Crippen molar-refractivity contribution < 1.29 is 14.3 Å². The number of carbonyl (C=O) groups is 1. The van der Waals surface area contributed by atoms with Crippen LogP contribution in [0.5, 0.6) is 0 Å². The molecule has 27 heavy (non-hydrogen) atoms. The Balaban J connectivity index is 1.67. The van der Waals surface area contributed by atoms with Crippen molar-refractivity contribution in [2.45, 2.75) is 52.2 Å². The lowest BCUT2D eigenvalue weighted by molar-refractivity contribution is -0.0870. The van der Waals surface area contributed by atoms with Crippen molar-refractivity contribution in [3.8, 4) is 0 Å². The van der Waals surface area contributed by atoms with Crippen molar-refractivity contribution in [1.82, 2.24) is 14.9 Å². The summed E-state index contributed by atoms with van der Waals surface area (Å²) in [6.45, 7) is 9.82. The lowest BCUT2D eigenvalue weighted by Crippen LogP contribution is -2.32. The molecule has 7 nitrogen and oxygen atoms in total. The number of nitrogens with zero attached hydrogens (tertiary/aromatic N) is 2. The van der Waals surface area contributed by atoms with Gasteiger partial charge in [0.2, 0.25) is 6.29 Å². The van der Waals surface area contributed by atoms with Crippen LogP contribution < -0.4 is 5.32 Å². The van der Waals surface area contributed by atoms with E-state index >= 15 is 0 Å². The Bertz CT molecular complexity index is 753. The highest BCUT2D eigenvalue weighted by Gasteiger charge is 2.23. The number of nitrogens with one attached hydrogen (secondary N) is 2. The standard InChI is InChI=1S/C20H30N4O3/c1-4-12-26-14(3)27-20(25)23-18-7-6-17-19(22-18)16(13-21-17)15-8-10-24(5-2)11-9-15/h6-7,13-15,21H,4-5,8-12H2,1-3H3,(H,22,23,25). The van der Waals surface area contributed by atoms with Crippen LogP contribution in [-0.4, -0.2) is 53.5 Å². The Kier molecular flexibility index (Phi) is 6.68. The van der Waals surface area contributed by atoms with Gasteiger partial charge in [0, 0.05) is 6.20 Å². The van der Waals surface area contributed by atoms with Gasteiger partial charge < -0.3 is 19.4 Å². The molecule has 7 heteroatoms. The molecule has 0 aliphatic carbocycles. The first kappa shape index (κ1) is 19.6. The summed E-state index contributed by atoms with van der Waals surface area (Å²) in [5.74, 6) is 0.987. The molecule has 2 aromatic heterocycles. The van der Waals surface area contributed by atoms with Gasteiger partial charge in [-0.1, -0.05) is 13.8 Å². The average molecular weight is 374 g/mol. The van der Waals surface area contributed by atoms with Gasteiger partial charge in [-0.25, -0.2) is 9.78 Å². The molecule has 1 atom stereocenters. The molecular weight excluding hydrogens is 344 g/mol. The summed E-state index contributed by atoms with van der Waals surface area (Å²) in [7, 11) is 0. The zero-order valence-electron chi connectivity index (χ0n) is 16.5. The molecule has 0 radical (unpaired) electrons. The third-order valence-corrected chi connectivity index (χ3v) is 5.09. The van der Waals surface area contributed by atoms with Gasteiger partial charge in [-0.15, -0.1) is 0 Å². The average Bonchev–Trinajstić information content (AvgIpc) is 3.09. The van der Waals surface area contributed by atoms with Gasteiger partial charge in [-0.2, -0.15) is 0 Å². The fourth-order valence-electron chi connectivity index (χ4n) is 3.56. The third-order valence-electron chi connectivity index (χ3n) is 5.09. The number of anilines is 1. The minimum absolute atomic E-state index is 0.488. The summed E-state index contributed by atoms with van der Waals surface area (Å²) in [6.07, 6.45) is 4.07. The molecule has 0 saturated carbocycles. The number of hydrogen-bond donors (Lipinski definition) is 2. The second-order valence-electron chi connectivity index (χ2n) is 7.01. The summed E-state index contributed by atoms with van der Waals surface area (Å²) in [5, 5.41) is 2.70. The summed E-state index contributed by atoms with van der Waals surface area (Å²) in [5.41, 5.74) is 3.15. The molecule has 1 amide bonds. The number of aromatic amines is 1. The topological polar surface area (TPSA) is 79.5 Å². The zero-order chi connectivity index (χ0) is 19.2. The third kappa shape index (κ3) is 4.99. The maximum absolute atomic E-state index is 12.0. The predicted octanol–water partition coefficient (Wildman–Crippen LogP) is 4.08. The summed E-state index contributed by atoms with van der Waals surface area (Å²) in [4.78, 5) is 22.5. The number of rotatable bonds is 7. The Morgan fingerprint density at radius 1 is 1.37 bits per heavy atom. The number of amides is 1. The van der Waals surface area contributed by atoms with Crippen molar-refractivity contribution in [2.24, 2.45) is 0 Å². The summed E-state index contributed by atoms with van der Waals surface area (Å²) < 4.78 is 10.6. The highest BCUT2D eigenvalue weighted by Crippen LogP contribution is 2.32. The number of hydrogen-bond acceptors (Lipinski definition) is 5. The quantitative estimate of drug-likeness (QED) is 0.714. The first-order valence-corrected chi connectivity index (χ1v) is 9.90. The summed E-state index contributed by atoms with van der Waals surface area (Å²) in [6, 6.07) is 3.72. The van der Waals surface area contributed by atoms with Crippen LogP contribution >= 0.6 is 0 Å². The van der Waals surface area contributed by atoms with E-state index in [1.165, 1.54) is 5.56 Å². The minimum atomic E-state index is -0.583. The number of piperidine rings is 1. The molecule has 1 unspecified atom stereocenters. The number of likely N-dealkylation sites (tertiary alicyclic amines) is 1. The number of H-pyrrole nitrogens is 1. The van der Waals surface area contributed by atoms with Crippen LogP contribution in [-0.2, 0) is 9.47 Å². The first-order valence-electron chi connectivity index (χ1n) is 9.90. The maximum Gasteiger partial charge on any atom is 0.415 e. The van der Waals surface area contributed by atoms with Gasteiger partial charge in [0.25, 0.3) is 0 Å². The van der Waals surface area contributed by atoms with Crippen molar-refractivity contribution in [1.29, 1.82) is 0 Å². The van der Waals surface area contributed by atoms with Crippen LogP contribution in [0.1, 0.15) is 51.5 Å². The predicted molar refractivity (Wildman–Crippen MR) is 106 cm³/mol. The molecule has 3 rings (SSSR count). The molecule has 148 valence electrons. The molecule has 2 N–H and O–H groups in total. The van der Waals surface area contributed by atoms with E-state index in [0.29, 0.717) is 18.3 Å². The van der Waals surface area contributed by atoms with Crippen molar-refractivity contribution in [3.05, 3.63) is 23.9 Å². The molecule has 1 aliphatic heterocycles. The van der Waals surface area contributed by atoms with E-state index in [1.807, 2.05) is 13.0 Å². The Labute approximate surface area is 160 Å². The first-order chi connectivity index (χ1) is 13.1. The van der Waals surface area contributed by atoms with E-state index in [1.54, 1.807) is 13.0 Å². The molecule has 1 aliphatic rings. The van der Waals surface area contributed by atoms with Gasteiger partial charge in [-0.3, -0.25) is 5.32 Å². The fraction of sp³-hybridized carbons (Fsp3) is 0.600. The smallest absolute Gasteiger partial charge is 0.415 e. The second kappa shape index (κ2) is 9.19. The monoisotopic (exact) mass is 374 g/mol. The normalized spacial score (nSPS) is 17.1. The summed E-state index contributed by atoms with van der Waals surface area (Å²) >= 11 is 0. The molecule has 0 aromatic carbocycles. The van der Waals surface area contributed by atoms with Crippen molar-refractivity contribution >= 4 is 22.9 Å². The van der Waals surface area contributed by atoms with E-state index in [4.69, 9.17) is 9.47 Å². The SMILES string of the molecule is CCCOC(C)OC(=O)Nc1ccc2[nH]cc(C3CCN(CC)CC3)c2n1. The van der Waals surface area contributed by atoms with Gasteiger partial charge in [0.15, 0.2) is 0 Å². The van der Waals surface area contributed by atoms with Gasteiger partial charge in [0.05, 0.1) is 17.6 Å². The van der Waals surface area contributed by atoms with Crippen molar-refractivity contribution in [2.75, 3.05) is 31.6 Å². The molecular formula is C20H30N4O3. The molecule has 0 bridgehead atoms. The molecule has 0 spiro atoms. The van der Waals surface area contributed by atoms with Crippen LogP contribution in [0.3, 0.4) is 0 Å². The number of aromatic nitrogens is 2. The highest BCUT2D eigenvalue weighted by atomic mass is 16.7. The molecule has 1 saturated heterocycles. The highest BCUT2D eigenvalue weighted by molar-refractivity contribution is 5.87. The zero-order valence-corrected chi connectivity index (χ0v) is 16.5. The maximum atomic E-state index is 12.0. The second-order valence-corrected chi connectivity index (χ2v) is 7.01. The van der Waals surface area contributed by atoms with Crippen molar-refractivity contribution in [3.63, 3.8) is 0 Å². The number of carbonyl (C=O) groups excluding carboxylic acids is 1. The Morgan fingerprint density at radius 2 is 2.15 bits per heavy atom. The molecule has 1 fully saturated rings. The van der Waals surface area contributed by atoms with Crippen LogP contribution in [0.4, 0.5) is 10.6 Å². The Hall–Kier alpha value is -2.12. The van der Waals surface area contributed by atoms with Gasteiger partial charge in [0.1, 0.15) is 5.82 Å². The van der Waals surface area contributed by atoms with Crippen LogP contribution in [0.2, 0.25) is 0 Å². The lowest BCUT2D eigenvalue weighted by Gasteiger charge is -2.30. The number of fused-ring (bicyclic) bond motifs is 1. The van der Waals surface area contributed by atoms with E-state index in [-0.39, 0.29) is 0 Å². The van der Waals surface area contributed by atoms with Crippen LogP contribution in [0.25, 0.3) is 11.0 Å². The minimum Gasteiger partial charge on any atom is -0.420 e. The van der Waals surface area contributed by atoms with E-state index in [9.17, 15) is 4.79 Å². The molecule has 2 aromatic rings. The van der Waals surface area contributed by atoms with Crippen LogP contribution in [0, 0.1) is 0 Å². The number of ether oxygens (including phenoxy) is 2. The van der Waals surface area contributed by atoms with Crippen LogP contribution in [0.15, 0.2) is 18.3 Å². The fourth-order valence-corrected chi connectivity index (χ4v) is 3.56. The Morgan fingerprint density at radius 3 is 2.85 bits per heavy atom. The van der Waals surface area contributed by atoms with Gasteiger partial charge >= 0.3 is 6.09 Å². The number of pyridine rings is 1.